The number of allylic oxidation sites excluding steroid dienone is 1. The number of aliphatic imine (C=N–C) groups is 2. The summed E-state index contributed by atoms with van der Waals surface area (Å²) in [7, 11) is 0. The second kappa shape index (κ2) is 9.22. The molecule has 32 heavy (non-hydrogen) atoms. The standard InChI is InChI=1S/C24H31N3O5/c1-7-18-21(22-26-24(5,6)13-14(3)32-22)20(16-10-9-11-17(12-16)27(29)30)19(15(4)25-18)23(28)31-8-2/h9-12,14,19-20H,7-8,13H2,1-6H3. The third kappa shape index (κ3) is 4.74. The molecule has 172 valence electrons. The van der Waals surface area contributed by atoms with Gasteiger partial charge in [0.25, 0.3) is 5.69 Å². The molecule has 0 bridgehead atoms. The average Bonchev–Trinajstić information content (AvgIpc) is 2.71. The zero-order valence-corrected chi connectivity index (χ0v) is 19.5. The maximum absolute atomic E-state index is 13.1. The van der Waals surface area contributed by atoms with Crippen molar-refractivity contribution in [2.75, 3.05) is 6.61 Å². The van der Waals surface area contributed by atoms with Crippen LogP contribution in [0.15, 0.2) is 45.5 Å². The van der Waals surface area contributed by atoms with E-state index in [2.05, 4.69) is 0 Å². The molecule has 1 aromatic carbocycles. The van der Waals surface area contributed by atoms with Gasteiger partial charge in [-0.2, -0.15) is 0 Å². The van der Waals surface area contributed by atoms with E-state index in [1.165, 1.54) is 12.1 Å². The molecule has 3 unspecified atom stereocenters. The van der Waals surface area contributed by atoms with Crippen LogP contribution >= 0.6 is 0 Å². The highest BCUT2D eigenvalue weighted by Gasteiger charge is 2.44. The minimum Gasteiger partial charge on any atom is -0.475 e. The van der Waals surface area contributed by atoms with Crippen molar-refractivity contribution in [2.24, 2.45) is 15.9 Å². The zero-order valence-electron chi connectivity index (χ0n) is 19.5. The average molecular weight is 442 g/mol. The smallest absolute Gasteiger partial charge is 0.315 e. The summed E-state index contributed by atoms with van der Waals surface area (Å²) in [6, 6.07) is 6.39. The number of ether oxygens (including phenoxy) is 2. The SMILES string of the molecule is CCOC(=O)C1C(C)=NC(CC)=C(C2=NC(C)(C)CC(C)O2)C1c1cccc([N+](=O)[O-])c1. The molecule has 3 atom stereocenters. The van der Waals surface area contributed by atoms with Crippen molar-refractivity contribution in [1.29, 1.82) is 0 Å². The van der Waals surface area contributed by atoms with Gasteiger partial charge in [-0.15, -0.1) is 0 Å². The van der Waals surface area contributed by atoms with E-state index in [-0.39, 0.29) is 23.9 Å². The summed E-state index contributed by atoms with van der Waals surface area (Å²) >= 11 is 0. The first-order valence-electron chi connectivity index (χ1n) is 11.0. The molecule has 0 N–H and O–H groups in total. The van der Waals surface area contributed by atoms with Crippen LogP contribution in [0.5, 0.6) is 0 Å². The molecular formula is C24H31N3O5. The number of carbonyl (C=O) groups is 1. The summed E-state index contributed by atoms with van der Waals surface area (Å²) in [5.41, 5.74) is 2.34. The van der Waals surface area contributed by atoms with Crippen LogP contribution in [-0.2, 0) is 14.3 Å². The summed E-state index contributed by atoms with van der Waals surface area (Å²) in [5, 5.41) is 11.5. The van der Waals surface area contributed by atoms with Gasteiger partial charge < -0.3 is 9.47 Å². The number of esters is 1. The monoisotopic (exact) mass is 441 g/mol. The summed E-state index contributed by atoms with van der Waals surface area (Å²) < 4.78 is 11.6. The Morgan fingerprint density at radius 2 is 2.06 bits per heavy atom. The van der Waals surface area contributed by atoms with Gasteiger partial charge >= 0.3 is 5.97 Å². The van der Waals surface area contributed by atoms with E-state index in [9.17, 15) is 14.9 Å². The van der Waals surface area contributed by atoms with Crippen LogP contribution in [0.4, 0.5) is 5.69 Å². The van der Waals surface area contributed by atoms with Crippen molar-refractivity contribution in [3.05, 3.63) is 51.2 Å². The maximum atomic E-state index is 13.1. The van der Waals surface area contributed by atoms with Crippen molar-refractivity contribution < 1.29 is 19.2 Å². The van der Waals surface area contributed by atoms with Crippen LogP contribution in [0, 0.1) is 16.0 Å². The van der Waals surface area contributed by atoms with Crippen molar-refractivity contribution in [3.8, 4) is 0 Å². The fraction of sp³-hybridized carbons (Fsp3) is 0.542. The largest absolute Gasteiger partial charge is 0.475 e. The third-order valence-corrected chi connectivity index (χ3v) is 5.77. The van der Waals surface area contributed by atoms with Crippen LogP contribution in [0.3, 0.4) is 0 Å². The molecule has 0 aliphatic carbocycles. The van der Waals surface area contributed by atoms with Gasteiger partial charge in [0.15, 0.2) is 0 Å². The van der Waals surface area contributed by atoms with E-state index >= 15 is 0 Å². The Kier molecular flexibility index (Phi) is 6.81. The lowest BCUT2D eigenvalue weighted by molar-refractivity contribution is -0.384. The lowest BCUT2D eigenvalue weighted by Crippen LogP contribution is -2.40. The molecule has 2 aliphatic heterocycles. The molecule has 0 amide bonds. The van der Waals surface area contributed by atoms with Crippen LogP contribution in [-0.4, -0.2) is 40.8 Å². The Bertz CT molecular complexity index is 1010. The molecule has 0 aromatic heterocycles. The minimum absolute atomic E-state index is 0.0390. The predicted molar refractivity (Wildman–Crippen MR) is 123 cm³/mol. The van der Waals surface area contributed by atoms with Crippen LogP contribution in [0.25, 0.3) is 0 Å². The molecule has 0 saturated heterocycles. The molecule has 0 radical (unpaired) electrons. The van der Waals surface area contributed by atoms with E-state index < -0.39 is 22.7 Å². The Morgan fingerprint density at radius 3 is 2.66 bits per heavy atom. The maximum Gasteiger partial charge on any atom is 0.315 e. The first-order chi connectivity index (χ1) is 15.1. The quantitative estimate of drug-likeness (QED) is 0.352. The van der Waals surface area contributed by atoms with Gasteiger partial charge in [-0.05, 0) is 46.6 Å². The Balaban J connectivity index is 2.28. The fourth-order valence-electron chi connectivity index (χ4n) is 4.59. The minimum atomic E-state index is -0.728. The van der Waals surface area contributed by atoms with Gasteiger partial charge in [0.05, 0.1) is 23.2 Å². The van der Waals surface area contributed by atoms with E-state index in [0.29, 0.717) is 29.2 Å². The molecule has 8 nitrogen and oxygen atoms in total. The molecule has 1 aromatic rings. The highest BCUT2D eigenvalue weighted by Crippen LogP contribution is 2.43. The second-order valence-corrected chi connectivity index (χ2v) is 8.89. The first kappa shape index (κ1) is 23.6. The summed E-state index contributed by atoms with van der Waals surface area (Å²) in [4.78, 5) is 33.7. The number of nitro groups is 1. The molecular weight excluding hydrogens is 410 g/mol. The van der Waals surface area contributed by atoms with Crippen LogP contribution in [0.1, 0.15) is 65.9 Å². The highest BCUT2D eigenvalue weighted by molar-refractivity contribution is 6.08. The van der Waals surface area contributed by atoms with Gasteiger partial charge in [-0.3, -0.25) is 19.9 Å². The van der Waals surface area contributed by atoms with Gasteiger partial charge in [-0.25, -0.2) is 4.99 Å². The van der Waals surface area contributed by atoms with Crippen molar-refractivity contribution in [1.82, 2.24) is 0 Å². The Morgan fingerprint density at radius 1 is 1.34 bits per heavy atom. The normalized spacial score (nSPS) is 24.9. The van der Waals surface area contributed by atoms with Gasteiger partial charge in [0.1, 0.15) is 5.92 Å². The number of hydrogen-bond donors (Lipinski definition) is 0. The fourth-order valence-corrected chi connectivity index (χ4v) is 4.59. The lowest BCUT2D eigenvalue weighted by atomic mass is 9.74. The Labute approximate surface area is 188 Å². The number of nitrogens with zero attached hydrogens (tertiary/aromatic N) is 3. The van der Waals surface area contributed by atoms with Gasteiger partial charge in [0.2, 0.25) is 5.90 Å². The molecule has 0 fully saturated rings. The zero-order chi connectivity index (χ0) is 23.6. The summed E-state index contributed by atoms with van der Waals surface area (Å²) in [6.45, 7) is 11.8. The Hall–Kier alpha value is -3.03. The van der Waals surface area contributed by atoms with Crippen molar-refractivity contribution >= 4 is 23.3 Å². The lowest BCUT2D eigenvalue weighted by Gasteiger charge is -2.38. The molecule has 8 heteroatoms. The van der Waals surface area contributed by atoms with Crippen molar-refractivity contribution in [2.45, 2.75) is 71.9 Å². The first-order valence-corrected chi connectivity index (χ1v) is 11.0. The number of non-ortho nitro benzene ring substituents is 1. The van der Waals surface area contributed by atoms with E-state index in [1.807, 2.05) is 27.7 Å². The van der Waals surface area contributed by atoms with Gasteiger partial charge in [0, 0.05) is 41.5 Å². The second-order valence-electron chi connectivity index (χ2n) is 8.89. The van der Waals surface area contributed by atoms with E-state index in [1.54, 1.807) is 26.0 Å². The molecule has 0 saturated carbocycles. The van der Waals surface area contributed by atoms with E-state index in [4.69, 9.17) is 19.5 Å². The molecule has 2 aliphatic rings. The van der Waals surface area contributed by atoms with Crippen molar-refractivity contribution in [3.63, 3.8) is 0 Å². The number of nitro benzene ring substituents is 1. The number of hydrogen-bond acceptors (Lipinski definition) is 7. The predicted octanol–water partition coefficient (Wildman–Crippen LogP) is 4.98. The topological polar surface area (TPSA) is 103 Å². The van der Waals surface area contributed by atoms with Crippen LogP contribution in [0.2, 0.25) is 0 Å². The number of carbonyl (C=O) groups excluding carboxylic acids is 1. The molecule has 3 rings (SSSR count). The molecule has 2 heterocycles. The summed E-state index contributed by atoms with van der Waals surface area (Å²) in [6.07, 6.45) is 1.29. The van der Waals surface area contributed by atoms with Gasteiger partial charge in [-0.1, -0.05) is 19.1 Å². The number of benzene rings is 1. The third-order valence-electron chi connectivity index (χ3n) is 5.77. The molecule has 0 spiro atoms. The van der Waals surface area contributed by atoms with Crippen LogP contribution < -0.4 is 0 Å². The number of rotatable bonds is 6. The summed E-state index contributed by atoms with van der Waals surface area (Å²) in [5.74, 6) is -1.25. The van der Waals surface area contributed by atoms with E-state index in [0.717, 1.165) is 12.1 Å². The highest BCUT2D eigenvalue weighted by atomic mass is 16.6.